The fourth-order valence-electron chi connectivity index (χ4n) is 2.51. The molecule has 1 aliphatic carbocycles. The van der Waals surface area contributed by atoms with Crippen molar-refractivity contribution in [1.29, 1.82) is 0 Å². The molecule has 7 heteroatoms. The molecular formula is C16H18N6S. The highest BCUT2D eigenvalue weighted by Gasteiger charge is 2.27. The monoisotopic (exact) mass is 326 g/mol. The summed E-state index contributed by atoms with van der Waals surface area (Å²) >= 11 is 1.66. The molecule has 4 rings (SSSR count). The molecule has 0 atom stereocenters. The smallest absolute Gasteiger partial charge is 0.173 e. The Morgan fingerprint density at radius 2 is 2.09 bits per heavy atom. The van der Waals surface area contributed by atoms with E-state index in [4.69, 9.17) is 0 Å². The lowest BCUT2D eigenvalue weighted by Gasteiger charge is -2.09. The lowest BCUT2D eigenvalue weighted by atomic mass is 10.1. The van der Waals surface area contributed by atoms with Gasteiger partial charge in [0, 0.05) is 18.1 Å². The number of nitrogens with zero attached hydrogens (tertiary/aromatic N) is 6. The molecule has 6 nitrogen and oxygen atoms in total. The van der Waals surface area contributed by atoms with Crippen molar-refractivity contribution >= 4 is 11.8 Å². The van der Waals surface area contributed by atoms with Crippen molar-refractivity contribution in [2.45, 2.75) is 43.6 Å². The summed E-state index contributed by atoms with van der Waals surface area (Å²) in [7, 11) is 0. The van der Waals surface area contributed by atoms with Crippen molar-refractivity contribution in [3.8, 4) is 5.69 Å². The van der Waals surface area contributed by atoms with Gasteiger partial charge in [0.25, 0.3) is 0 Å². The minimum Gasteiger partial charge on any atom is -0.295 e. The molecular weight excluding hydrogens is 308 g/mol. The van der Waals surface area contributed by atoms with Crippen LogP contribution in [0.2, 0.25) is 0 Å². The largest absolute Gasteiger partial charge is 0.295 e. The summed E-state index contributed by atoms with van der Waals surface area (Å²) in [6.07, 6.45) is 6.19. The molecule has 118 valence electrons. The van der Waals surface area contributed by atoms with E-state index in [1.165, 1.54) is 24.0 Å². The van der Waals surface area contributed by atoms with Crippen molar-refractivity contribution in [2.75, 3.05) is 0 Å². The third kappa shape index (κ3) is 2.88. The molecule has 1 aromatic carbocycles. The summed E-state index contributed by atoms with van der Waals surface area (Å²) in [6.45, 7) is 4.26. The van der Waals surface area contributed by atoms with Gasteiger partial charge < -0.3 is 0 Å². The van der Waals surface area contributed by atoms with E-state index in [9.17, 15) is 0 Å². The number of tetrazole rings is 1. The van der Waals surface area contributed by atoms with Crippen molar-refractivity contribution in [3.05, 3.63) is 47.5 Å². The van der Waals surface area contributed by atoms with Crippen LogP contribution in [0.15, 0.2) is 35.7 Å². The molecule has 0 aliphatic heterocycles. The summed E-state index contributed by atoms with van der Waals surface area (Å²) in [6, 6.07) is 6.96. The number of benzene rings is 1. The van der Waals surface area contributed by atoms with E-state index in [-0.39, 0.29) is 0 Å². The lowest BCUT2D eigenvalue weighted by Crippen LogP contribution is -2.03. The Morgan fingerprint density at radius 3 is 2.87 bits per heavy atom. The molecule has 1 aliphatic rings. The fraction of sp³-hybridized carbons (Fsp3) is 0.375. The van der Waals surface area contributed by atoms with Crippen LogP contribution in [0.25, 0.3) is 5.69 Å². The maximum atomic E-state index is 4.48. The van der Waals surface area contributed by atoms with Gasteiger partial charge in [-0.3, -0.25) is 4.57 Å². The summed E-state index contributed by atoms with van der Waals surface area (Å²) < 4.78 is 4.07. The standard InChI is InChI=1S/C16H18N6S/c1-11-3-4-14(9-12(11)2)21-8-7-17-16(21)23-10-15-18-19-20-22(15)13-5-6-13/h3-4,7-9,13H,5-6,10H2,1-2H3. The molecule has 1 fully saturated rings. The van der Waals surface area contributed by atoms with Gasteiger partial charge >= 0.3 is 0 Å². The number of imidazole rings is 1. The van der Waals surface area contributed by atoms with E-state index in [1.807, 2.05) is 17.1 Å². The number of aromatic nitrogens is 6. The molecule has 23 heavy (non-hydrogen) atoms. The Bertz CT molecular complexity index is 833. The number of aryl methyl sites for hydroxylation is 2. The lowest BCUT2D eigenvalue weighted by molar-refractivity contribution is 0.593. The van der Waals surface area contributed by atoms with Gasteiger partial charge in [0.05, 0.1) is 11.8 Å². The Hall–Kier alpha value is -2.15. The van der Waals surface area contributed by atoms with Crippen LogP contribution in [0.1, 0.15) is 35.8 Å². The Balaban J connectivity index is 1.55. The summed E-state index contributed by atoms with van der Waals surface area (Å²) in [5.74, 6) is 1.65. The summed E-state index contributed by atoms with van der Waals surface area (Å²) in [5.41, 5.74) is 3.71. The van der Waals surface area contributed by atoms with Gasteiger partial charge in [-0.1, -0.05) is 17.8 Å². The van der Waals surface area contributed by atoms with Gasteiger partial charge in [0.1, 0.15) is 0 Å². The first kappa shape index (κ1) is 14.4. The molecule has 2 aromatic heterocycles. The average molecular weight is 326 g/mol. The molecule has 0 unspecified atom stereocenters. The van der Waals surface area contributed by atoms with Gasteiger partial charge in [-0.2, -0.15) is 0 Å². The number of hydrogen-bond acceptors (Lipinski definition) is 5. The third-order valence-corrected chi connectivity index (χ3v) is 5.12. The normalized spacial score (nSPS) is 14.3. The molecule has 0 N–H and O–H groups in total. The molecule has 0 spiro atoms. The second kappa shape index (κ2) is 5.81. The zero-order chi connectivity index (χ0) is 15.8. The fourth-order valence-corrected chi connectivity index (χ4v) is 3.40. The predicted molar refractivity (Wildman–Crippen MR) is 88.7 cm³/mol. The Labute approximate surface area is 138 Å². The molecule has 1 saturated carbocycles. The van der Waals surface area contributed by atoms with Crippen LogP contribution in [-0.2, 0) is 5.75 Å². The van der Waals surface area contributed by atoms with Gasteiger partial charge in [-0.15, -0.1) is 5.10 Å². The minimum atomic E-state index is 0.500. The van der Waals surface area contributed by atoms with E-state index >= 15 is 0 Å². The van der Waals surface area contributed by atoms with E-state index < -0.39 is 0 Å². The molecule has 0 radical (unpaired) electrons. The highest BCUT2D eigenvalue weighted by Crippen LogP contribution is 2.35. The number of hydrogen-bond donors (Lipinski definition) is 0. The number of rotatable bonds is 5. The second-order valence-corrected chi connectivity index (χ2v) is 6.85. The van der Waals surface area contributed by atoms with Crippen LogP contribution in [0, 0.1) is 13.8 Å². The quantitative estimate of drug-likeness (QED) is 0.674. The zero-order valence-electron chi connectivity index (χ0n) is 13.2. The van der Waals surface area contributed by atoms with Crippen molar-refractivity contribution in [2.24, 2.45) is 0 Å². The highest BCUT2D eigenvalue weighted by atomic mass is 32.2. The van der Waals surface area contributed by atoms with Crippen molar-refractivity contribution < 1.29 is 0 Å². The topological polar surface area (TPSA) is 61.4 Å². The molecule has 0 bridgehead atoms. The third-order valence-electron chi connectivity index (χ3n) is 4.16. The van der Waals surface area contributed by atoms with Gasteiger partial charge in [0.2, 0.25) is 0 Å². The van der Waals surface area contributed by atoms with Crippen LogP contribution >= 0.6 is 11.8 Å². The van der Waals surface area contributed by atoms with Gasteiger partial charge in [-0.05, 0) is 60.4 Å². The van der Waals surface area contributed by atoms with E-state index in [0.717, 1.165) is 22.4 Å². The highest BCUT2D eigenvalue weighted by molar-refractivity contribution is 7.98. The molecule has 0 saturated heterocycles. The Kier molecular flexibility index (Phi) is 3.65. The summed E-state index contributed by atoms with van der Waals surface area (Å²) in [4.78, 5) is 4.48. The van der Waals surface area contributed by atoms with Crippen LogP contribution < -0.4 is 0 Å². The van der Waals surface area contributed by atoms with E-state index in [2.05, 4.69) is 57.1 Å². The number of thioether (sulfide) groups is 1. The zero-order valence-corrected chi connectivity index (χ0v) is 14.0. The van der Waals surface area contributed by atoms with Crippen LogP contribution in [0.3, 0.4) is 0 Å². The average Bonchev–Trinajstić information content (AvgIpc) is 3.10. The van der Waals surface area contributed by atoms with E-state index in [0.29, 0.717) is 6.04 Å². The second-order valence-electron chi connectivity index (χ2n) is 5.91. The minimum absolute atomic E-state index is 0.500. The SMILES string of the molecule is Cc1ccc(-n2ccnc2SCc2nnnn2C2CC2)cc1C. The summed E-state index contributed by atoms with van der Waals surface area (Å²) in [5, 5.41) is 13.0. The first-order valence-electron chi connectivity index (χ1n) is 7.73. The molecule has 2 heterocycles. The van der Waals surface area contributed by atoms with Crippen molar-refractivity contribution in [1.82, 2.24) is 29.8 Å². The van der Waals surface area contributed by atoms with Crippen LogP contribution in [-0.4, -0.2) is 29.8 Å². The molecule has 0 amide bonds. The Morgan fingerprint density at radius 1 is 1.22 bits per heavy atom. The van der Waals surface area contributed by atoms with Crippen molar-refractivity contribution in [3.63, 3.8) is 0 Å². The first-order valence-corrected chi connectivity index (χ1v) is 8.71. The van der Waals surface area contributed by atoms with E-state index in [1.54, 1.807) is 11.8 Å². The first-order chi connectivity index (χ1) is 11.2. The molecule has 3 aromatic rings. The predicted octanol–water partition coefficient (Wildman–Crippen LogP) is 3.10. The van der Waals surface area contributed by atoms with Crippen LogP contribution in [0.4, 0.5) is 0 Å². The van der Waals surface area contributed by atoms with Gasteiger partial charge in [-0.25, -0.2) is 9.67 Å². The maximum absolute atomic E-state index is 4.48. The van der Waals surface area contributed by atoms with Crippen LogP contribution in [0.5, 0.6) is 0 Å². The van der Waals surface area contributed by atoms with Gasteiger partial charge in [0.15, 0.2) is 11.0 Å². The maximum Gasteiger partial charge on any atom is 0.173 e.